The number of nitrogens with one attached hydrogen (secondary N) is 3. The summed E-state index contributed by atoms with van der Waals surface area (Å²) in [5.41, 5.74) is 0. The van der Waals surface area contributed by atoms with E-state index in [2.05, 4.69) is 16.0 Å². The zero-order valence-electron chi connectivity index (χ0n) is 40.3. The van der Waals surface area contributed by atoms with E-state index in [0.29, 0.717) is 65.4 Å². The largest absolute Gasteiger partial charge is 0.481 e. The van der Waals surface area contributed by atoms with Crippen molar-refractivity contribution in [1.82, 2.24) is 16.0 Å². The van der Waals surface area contributed by atoms with Crippen LogP contribution >= 0.6 is 0 Å². The highest BCUT2D eigenvalue weighted by Gasteiger charge is 2.20. The lowest BCUT2D eigenvalue weighted by atomic mass is 10.0. The van der Waals surface area contributed by atoms with E-state index in [1.165, 1.54) is 64.2 Å². The zero-order valence-corrected chi connectivity index (χ0v) is 40.3. The number of ether oxygens (including phenoxy) is 4. The van der Waals surface area contributed by atoms with Crippen molar-refractivity contribution in [3.63, 3.8) is 0 Å². The second kappa shape index (κ2) is 47.5. The van der Waals surface area contributed by atoms with Crippen molar-refractivity contribution >= 4 is 41.2 Å². The normalized spacial score (nSPS) is 11.8. The molecule has 0 aliphatic rings. The van der Waals surface area contributed by atoms with Crippen LogP contribution in [0.2, 0.25) is 0 Å². The third-order valence-corrected chi connectivity index (χ3v) is 10.6. The number of methoxy groups -OCH3 is 1. The molecule has 0 heterocycles. The van der Waals surface area contributed by atoms with E-state index >= 15 is 0 Å². The van der Waals surface area contributed by atoms with Crippen molar-refractivity contribution in [3.05, 3.63) is 0 Å². The molecule has 16 heteroatoms. The molecule has 0 radical (unpaired) electrons. The maximum absolute atomic E-state index is 12.1. The van der Waals surface area contributed by atoms with Gasteiger partial charge >= 0.3 is 11.9 Å². The predicted octanol–water partition coefficient (Wildman–Crippen LogP) is 7.76. The van der Waals surface area contributed by atoms with Crippen LogP contribution in [0.15, 0.2) is 0 Å². The molecule has 0 saturated heterocycles. The lowest BCUT2D eigenvalue weighted by Gasteiger charge is -2.14. The molecule has 0 fully saturated rings. The number of carbonyl (C=O) groups excluding carboxylic acids is 5. The fraction of sp³-hybridized carbons (Fsp3) is 0.854. The molecule has 0 spiro atoms. The summed E-state index contributed by atoms with van der Waals surface area (Å²) >= 11 is 0. The van der Waals surface area contributed by atoms with Crippen LogP contribution in [0, 0.1) is 5.92 Å². The van der Waals surface area contributed by atoms with Gasteiger partial charge in [-0.1, -0.05) is 117 Å². The summed E-state index contributed by atoms with van der Waals surface area (Å²) in [5, 5.41) is 25.9. The van der Waals surface area contributed by atoms with E-state index in [9.17, 15) is 38.7 Å². The minimum absolute atomic E-state index is 0. The highest BCUT2D eigenvalue weighted by Crippen LogP contribution is 2.15. The Morgan fingerprint density at radius 2 is 1.00 bits per heavy atom. The maximum atomic E-state index is 12.1. The van der Waals surface area contributed by atoms with Crippen LogP contribution < -0.4 is 16.0 Å². The number of hydrogen-bond donors (Lipinski definition) is 5. The summed E-state index contributed by atoms with van der Waals surface area (Å²) in [5.74, 6) is -2.01. The topological polar surface area (TPSA) is 233 Å². The zero-order chi connectivity index (χ0) is 47.9. The Morgan fingerprint density at radius 3 is 1.48 bits per heavy atom. The van der Waals surface area contributed by atoms with Crippen molar-refractivity contribution in [3.8, 4) is 0 Å². The third kappa shape index (κ3) is 48.0. The van der Waals surface area contributed by atoms with Crippen molar-refractivity contribution in [2.24, 2.45) is 5.92 Å². The van der Waals surface area contributed by atoms with Crippen molar-refractivity contribution < 1.29 is 64.1 Å². The number of hydrogen-bond acceptors (Lipinski definition) is 11. The van der Waals surface area contributed by atoms with E-state index in [1.54, 1.807) is 14.0 Å². The van der Waals surface area contributed by atoms with Gasteiger partial charge in [0.2, 0.25) is 17.7 Å². The van der Waals surface area contributed by atoms with Crippen LogP contribution in [-0.2, 0) is 52.5 Å². The Kier molecular flexibility index (Phi) is 46.5. The maximum Gasteiger partial charge on any atom is 0.326 e. The highest BCUT2D eigenvalue weighted by atomic mass is 16.5. The molecule has 0 aromatic heterocycles. The van der Waals surface area contributed by atoms with Crippen molar-refractivity contribution in [1.29, 1.82) is 0 Å². The Hall–Kier alpha value is -3.47. The fourth-order valence-electron chi connectivity index (χ4n) is 6.43. The number of rotatable bonds is 46. The molecule has 0 bridgehead atoms. The summed E-state index contributed by atoms with van der Waals surface area (Å²) in [6.07, 6.45) is 24.4. The van der Waals surface area contributed by atoms with E-state index in [1.807, 2.05) is 13.8 Å². The van der Waals surface area contributed by atoms with Crippen LogP contribution in [0.3, 0.4) is 0 Å². The van der Waals surface area contributed by atoms with E-state index in [4.69, 9.17) is 24.1 Å². The first-order valence-electron chi connectivity index (χ1n) is 24.4. The molecule has 0 aromatic carbocycles. The lowest BCUT2D eigenvalue weighted by molar-refractivity contribution is -0.142. The van der Waals surface area contributed by atoms with Crippen LogP contribution in [0.5, 0.6) is 0 Å². The molecule has 0 unspecified atom stereocenters. The lowest BCUT2D eigenvalue weighted by Crippen LogP contribution is -2.41. The number of ketones is 2. The average molecular weight is 918 g/mol. The van der Waals surface area contributed by atoms with Gasteiger partial charge in [-0.2, -0.15) is 0 Å². The van der Waals surface area contributed by atoms with Crippen LogP contribution in [0.25, 0.3) is 0 Å². The first kappa shape index (κ1) is 62.6. The Bertz CT molecular complexity index is 1210. The average Bonchev–Trinajstić information content (AvgIpc) is 3.26. The molecule has 0 aliphatic heterocycles. The molecule has 0 saturated carbocycles. The molecule has 2 atom stereocenters. The fourth-order valence-corrected chi connectivity index (χ4v) is 6.43. The van der Waals surface area contributed by atoms with Gasteiger partial charge in [0.15, 0.2) is 0 Å². The first-order valence-corrected chi connectivity index (χ1v) is 24.4. The summed E-state index contributed by atoms with van der Waals surface area (Å²) < 4.78 is 20.4. The smallest absolute Gasteiger partial charge is 0.326 e. The number of Topliss-reactive ketones (excluding diaryl/α,β-unsaturated/α-hetero) is 2. The van der Waals surface area contributed by atoms with Gasteiger partial charge < -0.3 is 45.1 Å². The molecule has 64 heavy (non-hydrogen) atoms. The Balaban J connectivity index is -0.00000120. The highest BCUT2D eigenvalue weighted by molar-refractivity contribution is 5.84. The molecule has 0 rings (SSSR count). The van der Waals surface area contributed by atoms with E-state index in [-0.39, 0.29) is 62.7 Å². The molecule has 0 aromatic rings. The minimum atomic E-state index is -1.07. The SMILES string of the molecule is CCCCC(=O)CC[C@H](NC(=O)CCCCCCCCCCCCCCCCCCC(=O)O)C(=O)O.COCCOCC(=O)NCCOCCOCC(=O)NCCCC[C@H](C)C(C)=O.[HH]. The minimum Gasteiger partial charge on any atom is -0.481 e. The van der Waals surface area contributed by atoms with Crippen molar-refractivity contribution in [2.45, 2.75) is 194 Å². The molecular formula is C48H91N3O13. The van der Waals surface area contributed by atoms with Crippen LogP contribution in [0.1, 0.15) is 189 Å². The van der Waals surface area contributed by atoms with Gasteiger partial charge in [-0.05, 0) is 45.4 Å². The number of carbonyl (C=O) groups is 7. The van der Waals surface area contributed by atoms with Gasteiger partial charge in [-0.3, -0.25) is 28.8 Å². The number of carboxylic acids is 2. The number of amides is 3. The Labute approximate surface area is 386 Å². The van der Waals surface area contributed by atoms with Gasteiger partial charge in [0.05, 0.1) is 33.0 Å². The summed E-state index contributed by atoms with van der Waals surface area (Å²) in [6.45, 7) is 8.32. The van der Waals surface area contributed by atoms with Crippen LogP contribution in [-0.4, -0.2) is 124 Å². The van der Waals surface area contributed by atoms with Gasteiger partial charge in [0.1, 0.15) is 30.8 Å². The quantitative estimate of drug-likeness (QED) is 0.0368. The summed E-state index contributed by atoms with van der Waals surface area (Å²) in [7, 11) is 1.57. The van der Waals surface area contributed by atoms with Gasteiger partial charge in [0, 0.05) is 53.2 Å². The van der Waals surface area contributed by atoms with E-state index < -0.39 is 18.0 Å². The van der Waals surface area contributed by atoms with E-state index in [0.717, 1.165) is 70.6 Å². The predicted molar refractivity (Wildman–Crippen MR) is 250 cm³/mol. The van der Waals surface area contributed by atoms with Crippen LogP contribution in [0.4, 0.5) is 0 Å². The third-order valence-electron chi connectivity index (χ3n) is 10.6. The molecule has 5 N–H and O–H groups in total. The number of unbranched alkanes of at least 4 members (excludes halogenated alkanes) is 17. The molecule has 376 valence electrons. The number of carboxylic acid groups (broad SMARTS) is 2. The molecule has 3 amide bonds. The summed E-state index contributed by atoms with van der Waals surface area (Å²) in [6, 6.07) is -0.974. The molecular weight excluding hydrogens is 827 g/mol. The summed E-state index contributed by atoms with van der Waals surface area (Å²) in [4.78, 5) is 79.7. The standard InChI is InChI=1S/C29H53NO6.C19H36N2O7.H2/c1-2-3-20-25(31)23-24-26(29(35)36)30-27(32)21-18-16-14-12-10-8-6-4-5-7-9-11-13-15-17-19-22-28(33)34;1-16(17(2)22)6-4-5-7-20-18(23)14-28-13-12-26-9-8-21-19(24)15-27-11-10-25-3;/h26H,2-24H2,1H3,(H,30,32)(H,33,34)(H,35,36);16H,4-15H2,1-3H3,(H,20,23)(H,21,24);1H/t26-;16-;/m00./s1. The Morgan fingerprint density at radius 1 is 0.516 bits per heavy atom. The van der Waals surface area contributed by atoms with Gasteiger partial charge in [0.25, 0.3) is 0 Å². The van der Waals surface area contributed by atoms with Gasteiger partial charge in [-0.25, -0.2) is 4.79 Å². The molecule has 0 aliphatic carbocycles. The first-order chi connectivity index (χ1) is 30.8. The monoisotopic (exact) mass is 918 g/mol. The second-order valence-corrected chi connectivity index (χ2v) is 16.6. The number of aliphatic carboxylic acids is 2. The second-order valence-electron chi connectivity index (χ2n) is 16.6. The van der Waals surface area contributed by atoms with Gasteiger partial charge in [-0.15, -0.1) is 0 Å². The van der Waals surface area contributed by atoms with Crippen molar-refractivity contribution in [2.75, 3.05) is 66.4 Å². The molecule has 16 nitrogen and oxygen atoms in total.